The van der Waals surface area contributed by atoms with Crippen molar-refractivity contribution < 1.29 is 14.3 Å². The molecule has 2 atom stereocenters. The first kappa shape index (κ1) is 13.0. The van der Waals surface area contributed by atoms with Gasteiger partial charge in [0.15, 0.2) is 0 Å². The highest BCUT2D eigenvalue weighted by Crippen LogP contribution is 2.27. The highest BCUT2D eigenvalue weighted by atomic mass is 16.5. The maximum absolute atomic E-state index is 11.4. The van der Waals surface area contributed by atoms with Crippen molar-refractivity contribution in [2.45, 2.75) is 52.0 Å². The predicted octanol–water partition coefficient (Wildman–Crippen LogP) is 1.63. The van der Waals surface area contributed by atoms with Crippen molar-refractivity contribution in [1.82, 2.24) is 5.32 Å². The zero-order valence-electron chi connectivity index (χ0n) is 10.1. The average Bonchev–Trinajstić information content (AvgIpc) is 2.20. The van der Waals surface area contributed by atoms with Gasteiger partial charge in [-0.3, -0.25) is 9.59 Å². The lowest BCUT2D eigenvalue weighted by Gasteiger charge is -2.31. The van der Waals surface area contributed by atoms with E-state index >= 15 is 0 Å². The molecule has 0 saturated heterocycles. The van der Waals surface area contributed by atoms with E-state index in [2.05, 4.69) is 5.32 Å². The number of carbonyl (C=O) groups excluding carboxylic acids is 2. The average molecular weight is 227 g/mol. The fourth-order valence-electron chi connectivity index (χ4n) is 2.34. The third kappa shape index (κ3) is 4.21. The molecule has 0 aromatic rings. The van der Waals surface area contributed by atoms with E-state index in [-0.39, 0.29) is 23.8 Å². The second-order valence-corrected chi connectivity index (χ2v) is 4.36. The number of nitrogens with one attached hydrogen (secondary N) is 1. The van der Waals surface area contributed by atoms with E-state index in [1.54, 1.807) is 0 Å². The lowest BCUT2D eigenvalue weighted by molar-refractivity contribution is -0.145. The Hall–Kier alpha value is -1.06. The van der Waals surface area contributed by atoms with E-state index in [9.17, 15) is 9.59 Å². The van der Waals surface area contributed by atoms with Gasteiger partial charge in [0.2, 0.25) is 5.91 Å². The van der Waals surface area contributed by atoms with Crippen LogP contribution in [0.4, 0.5) is 0 Å². The van der Waals surface area contributed by atoms with Crippen molar-refractivity contribution in [1.29, 1.82) is 0 Å². The molecule has 2 unspecified atom stereocenters. The fourth-order valence-corrected chi connectivity index (χ4v) is 2.34. The Morgan fingerprint density at radius 3 is 2.62 bits per heavy atom. The molecule has 1 N–H and O–H groups in total. The van der Waals surface area contributed by atoms with Crippen LogP contribution in [0, 0.1) is 5.92 Å². The number of hydrogen-bond donors (Lipinski definition) is 1. The standard InChI is InChI=1S/C12H21NO3/c1-3-16-12(15)8-10-6-4-5-7-11(10)13-9(2)14/h10-11H,3-8H2,1-2H3,(H,13,14). The maximum Gasteiger partial charge on any atom is 0.306 e. The molecule has 1 saturated carbocycles. The number of hydrogen-bond acceptors (Lipinski definition) is 3. The minimum Gasteiger partial charge on any atom is -0.466 e. The van der Waals surface area contributed by atoms with Gasteiger partial charge < -0.3 is 10.1 Å². The molecule has 0 aromatic heterocycles. The van der Waals surface area contributed by atoms with Crippen LogP contribution in [0.1, 0.15) is 46.0 Å². The first-order chi connectivity index (χ1) is 7.63. The summed E-state index contributed by atoms with van der Waals surface area (Å²) in [4.78, 5) is 22.4. The Balaban J connectivity index is 2.46. The van der Waals surface area contributed by atoms with Gasteiger partial charge in [0, 0.05) is 13.0 Å². The highest BCUT2D eigenvalue weighted by molar-refractivity contribution is 5.73. The molecule has 1 amide bonds. The van der Waals surface area contributed by atoms with Crippen LogP contribution < -0.4 is 5.32 Å². The van der Waals surface area contributed by atoms with Crippen LogP contribution in [0.25, 0.3) is 0 Å². The molecule has 0 spiro atoms. The van der Waals surface area contributed by atoms with Crippen molar-refractivity contribution in [3.8, 4) is 0 Å². The molecule has 0 heterocycles. The van der Waals surface area contributed by atoms with Gasteiger partial charge in [-0.05, 0) is 25.7 Å². The van der Waals surface area contributed by atoms with Gasteiger partial charge in [0.25, 0.3) is 0 Å². The smallest absolute Gasteiger partial charge is 0.306 e. The Morgan fingerprint density at radius 1 is 1.31 bits per heavy atom. The summed E-state index contributed by atoms with van der Waals surface area (Å²) < 4.78 is 4.95. The van der Waals surface area contributed by atoms with Crippen LogP contribution in [-0.2, 0) is 14.3 Å². The molecule has 4 heteroatoms. The van der Waals surface area contributed by atoms with Crippen molar-refractivity contribution in [2.75, 3.05) is 6.61 Å². The summed E-state index contributed by atoms with van der Waals surface area (Å²) >= 11 is 0. The van der Waals surface area contributed by atoms with Crippen molar-refractivity contribution >= 4 is 11.9 Å². The zero-order chi connectivity index (χ0) is 12.0. The summed E-state index contributed by atoms with van der Waals surface area (Å²) in [7, 11) is 0. The second kappa shape index (κ2) is 6.51. The zero-order valence-corrected chi connectivity index (χ0v) is 10.1. The van der Waals surface area contributed by atoms with E-state index in [0.29, 0.717) is 13.0 Å². The Kier molecular flexibility index (Phi) is 5.29. The lowest BCUT2D eigenvalue weighted by Crippen LogP contribution is -2.42. The van der Waals surface area contributed by atoms with Gasteiger partial charge in [0.1, 0.15) is 0 Å². The summed E-state index contributed by atoms with van der Waals surface area (Å²) in [6.45, 7) is 3.76. The predicted molar refractivity (Wildman–Crippen MR) is 60.8 cm³/mol. The number of ether oxygens (including phenoxy) is 1. The Bertz CT molecular complexity index is 253. The van der Waals surface area contributed by atoms with Crippen molar-refractivity contribution in [3.63, 3.8) is 0 Å². The van der Waals surface area contributed by atoms with Crippen LogP contribution in [-0.4, -0.2) is 24.5 Å². The summed E-state index contributed by atoms with van der Waals surface area (Å²) in [5.41, 5.74) is 0. The summed E-state index contributed by atoms with van der Waals surface area (Å²) in [6.07, 6.45) is 4.68. The van der Waals surface area contributed by atoms with Gasteiger partial charge >= 0.3 is 5.97 Å². The number of esters is 1. The molecule has 1 rings (SSSR count). The van der Waals surface area contributed by atoms with Gasteiger partial charge in [-0.1, -0.05) is 12.8 Å². The van der Waals surface area contributed by atoms with Crippen LogP contribution in [0.2, 0.25) is 0 Å². The molecule has 1 aliphatic carbocycles. The molecular weight excluding hydrogens is 206 g/mol. The minimum atomic E-state index is -0.148. The quantitative estimate of drug-likeness (QED) is 0.743. The van der Waals surface area contributed by atoms with Gasteiger partial charge in [-0.2, -0.15) is 0 Å². The van der Waals surface area contributed by atoms with Gasteiger partial charge in [0.05, 0.1) is 13.0 Å². The molecule has 0 radical (unpaired) electrons. The van der Waals surface area contributed by atoms with Gasteiger partial charge in [-0.15, -0.1) is 0 Å². The molecule has 92 valence electrons. The summed E-state index contributed by atoms with van der Waals surface area (Å²) in [5.74, 6) is 0.0854. The normalized spacial score (nSPS) is 24.9. The minimum absolute atomic E-state index is 0.0132. The second-order valence-electron chi connectivity index (χ2n) is 4.36. The number of amides is 1. The van der Waals surface area contributed by atoms with Crippen LogP contribution in [0.5, 0.6) is 0 Å². The molecule has 0 aromatic carbocycles. The Labute approximate surface area is 96.7 Å². The summed E-state index contributed by atoms with van der Waals surface area (Å²) in [6, 6.07) is 0.149. The van der Waals surface area contributed by atoms with Crippen LogP contribution >= 0.6 is 0 Å². The van der Waals surface area contributed by atoms with Crippen molar-refractivity contribution in [2.24, 2.45) is 5.92 Å². The largest absolute Gasteiger partial charge is 0.466 e. The molecule has 1 fully saturated rings. The highest BCUT2D eigenvalue weighted by Gasteiger charge is 2.27. The van der Waals surface area contributed by atoms with Gasteiger partial charge in [-0.25, -0.2) is 0 Å². The van der Waals surface area contributed by atoms with E-state index in [4.69, 9.17) is 4.74 Å². The fraction of sp³-hybridized carbons (Fsp3) is 0.833. The van der Waals surface area contributed by atoms with E-state index in [1.165, 1.54) is 6.92 Å². The third-order valence-corrected chi connectivity index (χ3v) is 3.03. The molecular formula is C12H21NO3. The van der Waals surface area contributed by atoms with Crippen LogP contribution in [0.15, 0.2) is 0 Å². The maximum atomic E-state index is 11.4. The first-order valence-corrected chi connectivity index (χ1v) is 6.06. The molecule has 0 aliphatic heterocycles. The Morgan fingerprint density at radius 2 is 2.00 bits per heavy atom. The third-order valence-electron chi connectivity index (χ3n) is 3.03. The van der Waals surface area contributed by atoms with Crippen LogP contribution in [0.3, 0.4) is 0 Å². The first-order valence-electron chi connectivity index (χ1n) is 6.06. The molecule has 4 nitrogen and oxygen atoms in total. The topological polar surface area (TPSA) is 55.4 Å². The van der Waals surface area contributed by atoms with E-state index < -0.39 is 0 Å². The lowest BCUT2D eigenvalue weighted by atomic mass is 9.82. The molecule has 1 aliphatic rings. The SMILES string of the molecule is CCOC(=O)CC1CCCCC1NC(C)=O. The number of rotatable bonds is 4. The molecule has 16 heavy (non-hydrogen) atoms. The summed E-state index contributed by atoms with van der Waals surface area (Å²) in [5, 5.41) is 2.93. The van der Waals surface area contributed by atoms with E-state index in [0.717, 1.165) is 25.7 Å². The van der Waals surface area contributed by atoms with Crippen molar-refractivity contribution in [3.05, 3.63) is 0 Å². The molecule has 0 bridgehead atoms. The monoisotopic (exact) mass is 227 g/mol. The number of carbonyl (C=O) groups is 2. The van der Waals surface area contributed by atoms with E-state index in [1.807, 2.05) is 6.92 Å².